The number of hydrogen-bond donors (Lipinski definition) is 0. The Hall–Kier alpha value is -1.46. The third kappa shape index (κ3) is 4.61. The highest BCUT2D eigenvalue weighted by molar-refractivity contribution is 5.32. The Morgan fingerprint density at radius 1 is 1.16 bits per heavy atom. The Morgan fingerprint density at radius 2 is 1.84 bits per heavy atom. The van der Waals surface area contributed by atoms with E-state index >= 15 is 0 Å². The van der Waals surface area contributed by atoms with Crippen molar-refractivity contribution < 1.29 is 9.66 Å². The van der Waals surface area contributed by atoms with E-state index in [2.05, 4.69) is 4.90 Å². The summed E-state index contributed by atoms with van der Waals surface area (Å²) in [5.41, 5.74) is 1.10. The zero-order valence-electron chi connectivity index (χ0n) is 11.1. The smallest absolute Gasteiger partial charge is 0.269 e. The van der Waals surface area contributed by atoms with Crippen LogP contribution in [0.1, 0.15) is 24.8 Å². The zero-order valence-corrected chi connectivity index (χ0v) is 11.1. The van der Waals surface area contributed by atoms with Crippen LogP contribution in [0.2, 0.25) is 0 Å². The van der Waals surface area contributed by atoms with Crippen LogP contribution in [0.5, 0.6) is 0 Å². The van der Waals surface area contributed by atoms with Crippen LogP contribution >= 0.6 is 0 Å². The largest absolute Gasteiger partial charge is 0.375 e. The van der Waals surface area contributed by atoms with Gasteiger partial charge in [0.1, 0.15) is 0 Å². The molecular formula is C14H20N2O3. The molecule has 0 atom stereocenters. The Labute approximate surface area is 113 Å². The number of piperidine rings is 1. The van der Waals surface area contributed by atoms with Crippen molar-refractivity contribution in [2.24, 2.45) is 0 Å². The van der Waals surface area contributed by atoms with Crippen molar-refractivity contribution in [3.8, 4) is 0 Å². The molecule has 0 unspecified atom stereocenters. The topological polar surface area (TPSA) is 55.6 Å². The van der Waals surface area contributed by atoms with E-state index in [0.29, 0.717) is 6.61 Å². The number of likely N-dealkylation sites (tertiary alicyclic amines) is 1. The van der Waals surface area contributed by atoms with Gasteiger partial charge in [-0.3, -0.25) is 10.1 Å². The van der Waals surface area contributed by atoms with Gasteiger partial charge in [-0.2, -0.15) is 0 Å². The van der Waals surface area contributed by atoms with Crippen LogP contribution in [0.4, 0.5) is 5.69 Å². The Balaban J connectivity index is 1.66. The van der Waals surface area contributed by atoms with Gasteiger partial charge in [-0.1, -0.05) is 6.42 Å². The van der Waals surface area contributed by atoms with Gasteiger partial charge < -0.3 is 9.64 Å². The predicted octanol–water partition coefficient (Wildman–Crippen LogP) is 2.60. The lowest BCUT2D eigenvalue weighted by Crippen LogP contribution is -2.32. The molecule has 19 heavy (non-hydrogen) atoms. The molecule has 0 amide bonds. The zero-order chi connectivity index (χ0) is 13.5. The number of benzene rings is 1. The molecule has 0 radical (unpaired) electrons. The molecule has 0 saturated carbocycles. The molecule has 1 aliphatic rings. The second-order valence-electron chi connectivity index (χ2n) is 4.88. The van der Waals surface area contributed by atoms with Gasteiger partial charge in [-0.05, 0) is 43.6 Å². The summed E-state index contributed by atoms with van der Waals surface area (Å²) >= 11 is 0. The molecule has 0 N–H and O–H groups in total. The van der Waals surface area contributed by atoms with Crippen molar-refractivity contribution >= 4 is 5.69 Å². The fourth-order valence-electron chi connectivity index (χ4n) is 2.28. The van der Waals surface area contributed by atoms with Crippen LogP contribution in [-0.4, -0.2) is 36.1 Å². The van der Waals surface area contributed by atoms with Crippen LogP contribution in [0, 0.1) is 10.1 Å². The van der Waals surface area contributed by atoms with Crippen LogP contribution < -0.4 is 0 Å². The minimum atomic E-state index is -0.388. The highest BCUT2D eigenvalue weighted by Crippen LogP contribution is 2.12. The van der Waals surface area contributed by atoms with Crippen molar-refractivity contribution in [2.75, 3.05) is 26.2 Å². The predicted molar refractivity (Wildman–Crippen MR) is 73.0 cm³/mol. The standard InChI is InChI=1S/C14H20N2O3/c17-16(18)14-6-4-13(5-7-14)12-19-11-10-15-8-2-1-3-9-15/h4-7H,1-3,8-12H2. The lowest BCUT2D eigenvalue weighted by molar-refractivity contribution is -0.384. The van der Waals surface area contributed by atoms with E-state index in [1.807, 2.05) is 0 Å². The van der Waals surface area contributed by atoms with Gasteiger partial charge in [-0.15, -0.1) is 0 Å². The summed E-state index contributed by atoms with van der Waals surface area (Å²) in [6.45, 7) is 4.58. The van der Waals surface area contributed by atoms with Crippen LogP contribution in [0.15, 0.2) is 24.3 Å². The van der Waals surface area contributed by atoms with Gasteiger partial charge in [0.2, 0.25) is 0 Å². The van der Waals surface area contributed by atoms with E-state index in [0.717, 1.165) is 18.7 Å². The monoisotopic (exact) mass is 264 g/mol. The number of rotatable bonds is 6. The van der Waals surface area contributed by atoms with Crippen LogP contribution in [-0.2, 0) is 11.3 Å². The summed E-state index contributed by atoms with van der Waals surface area (Å²) in [7, 11) is 0. The van der Waals surface area contributed by atoms with Crippen molar-refractivity contribution in [1.29, 1.82) is 0 Å². The molecule has 0 aliphatic carbocycles. The fraction of sp³-hybridized carbons (Fsp3) is 0.571. The lowest BCUT2D eigenvalue weighted by atomic mass is 10.1. The van der Waals surface area contributed by atoms with Crippen molar-refractivity contribution in [2.45, 2.75) is 25.9 Å². The third-order valence-corrected chi connectivity index (χ3v) is 3.42. The van der Waals surface area contributed by atoms with Crippen molar-refractivity contribution in [1.82, 2.24) is 4.90 Å². The molecule has 0 aromatic heterocycles. The van der Waals surface area contributed by atoms with Crippen LogP contribution in [0.25, 0.3) is 0 Å². The maximum Gasteiger partial charge on any atom is 0.269 e. The summed E-state index contributed by atoms with van der Waals surface area (Å²) in [5.74, 6) is 0. The second-order valence-corrected chi connectivity index (χ2v) is 4.88. The Kier molecular flexibility index (Phi) is 5.30. The summed E-state index contributed by atoms with van der Waals surface area (Å²) in [6, 6.07) is 6.53. The molecule has 1 aromatic carbocycles. The normalized spacial score (nSPS) is 16.4. The minimum absolute atomic E-state index is 0.122. The molecule has 2 rings (SSSR count). The average Bonchev–Trinajstić information content (AvgIpc) is 2.45. The molecule has 1 fully saturated rings. The second kappa shape index (κ2) is 7.21. The molecule has 1 aromatic rings. The fourth-order valence-corrected chi connectivity index (χ4v) is 2.28. The molecule has 0 bridgehead atoms. The summed E-state index contributed by atoms with van der Waals surface area (Å²) < 4.78 is 5.61. The maximum absolute atomic E-state index is 10.5. The highest BCUT2D eigenvalue weighted by atomic mass is 16.6. The number of ether oxygens (including phenoxy) is 1. The quantitative estimate of drug-likeness (QED) is 0.450. The van der Waals surface area contributed by atoms with Crippen molar-refractivity contribution in [3.63, 3.8) is 0 Å². The summed E-state index contributed by atoms with van der Waals surface area (Å²) in [6.07, 6.45) is 3.94. The first-order chi connectivity index (χ1) is 9.25. The van der Waals surface area contributed by atoms with Gasteiger partial charge in [-0.25, -0.2) is 0 Å². The van der Waals surface area contributed by atoms with Crippen LogP contribution in [0.3, 0.4) is 0 Å². The molecule has 0 spiro atoms. The first-order valence-corrected chi connectivity index (χ1v) is 6.79. The Morgan fingerprint density at radius 3 is 2.47 bits per heavy atom. The van der Waals surface area contributed by atoms with E-state index in [4.69, 9.17) is 4.74 Å². The van der Waals surface area contributed by atoms with Gasteiger partial charge in [0.25, 0.3) is 5.69 Å². The summed E-state index contributed by atoms with van der Waals surface area (Å²) in [5, 5.41) is 10.5. The van der Waals surface area contributed by atoms with E-state index in [9.17, 15) is 10.1 Å². The van der Waals surface area contributed by atoms with Crippen molar-refractivity contribution in [3.05, 3.63) is 39.9 Å². The molecule has 1 saturated heterocycles. The average molecular weight is 264 g/mol. The van der Waals surface area contributed by atoms with Gasteiger partial charge in [0.15, 0.2) is 0 Å². The maximum atomic E-state index is 10.5. The number of non-ortho nitro benzene ring substituents is 1. The lowest BCUT2D eigenvalue weighted by Gasteiger charge is -2.26. The van der Waals surface area contributed by atoms with E-state index < -0.39 is 0 Å². The third-order valence-electron chi connectivity index (χ3n) is 3.42. The summed E-state index contributed by atoms with van der Waals surface area (Å²) in [4.78, 5) is 12.6. The van der Waals surface area contributed by atoms with E-state index in [-0.39, 0.29) is 10.6 Å². The minimum Gasteiger partial charge on any atom is -0.375 e. The van der Waals surface area contributed by atoms with E-state index in [1.165, 1.54) is 44.5 Å². The molecule has 1 heterocycles. The van der Waals surface area contributed by atoms with Gasteiger partial charge in [0, 0.05) is 18.7 Å². The molecular weight excluding hydrogens is 244 g/mol. The van der Waals surface area contributed by atoms with Gasteiger partial charge >= 0.3 is 0 Å². The number of nitrogens with zero attached hydrogens (tertiary/aromatic N) is 2. The first kappa shape index (κ1) is 14.0. The SMILES string of the molecule is O=[N+]([O-])c1ccc(COCCN2CCCCC2)cc1. The molecule has 5 nitrogen and oxygen atoms in total. The molecule has 1 aliphatic heterocycles. The number of nitro groups is 1. The molecule has 104 valence electrons. The van der Waals surface area contributed by atoms with Gasteiger partial charge in [0.05, 0.1) is 18.1 Å². The molecule has 5 heteroatoms. The first-order valence-electron chi connectivity index (χ1n) is 6.79. The Bertz CT molecular complexity index is 400. The number of nitro benzene ring substituents is 1. The highest BCUT2D eigenvalue weighted by Gasteiger charge is 2.09. The number of hydrogen-bond acceptors (Lipinski definition) is 4. The van der Waals surface area contributed by atoms with E-state index in [1.54, 1.807) is 12.1 Å².